The molecule has 0 unspecified atom stereocenters. The minimum atomic E-state index is -4.76. The minimum absolute atomic E-state index is 0.0102. The molecule has 2 aromatic carbocycles. The van der Waals surface area contributed by atoms with Gasteiger partial charge in [-0.1, -0.05) is 23.7 Å². The van der Waals surface area contributed by atoms with Crippen LogP contribution in [0.3, 0.4) is 0 Å². The van der Waals surface area contributed by atoms with Crippen LogP contribution in [0.4, 0.5) is 18.9 Å². The van der Waals surface area contributed by atoms with Gasteiger partial charge in [-0.05, 0) is 18.2 Å². The quantitative estimate of drug-likeness (QED) is 0.379. The van der Waals surface area contributed by atoms with Crippen molar-refractivity contribution in [2.45, 2.75) is 6.18 Å². The zero-order valence-electron chi connectivity index (χ0n) is 18.6. The Balaban J connectivity index is 1.84. The van der Waals surface area contributed by atoms with Crippen molar-refractivity contribution >= 4 is 28.8 Å². The summed E-state index contributed by atoms with van der Waals surface area (Å²) in [5, 5.41) is 6.62. The number of anilines is 1. The van der Waals surface area contributed by atoms with Gasteiger partial charge in [0.25, 0.3) is 5.91 Å². The van der Waals surface area contributed by atoms with Crippen LogP contribution in [0.15, 0.2) is 48.7 Å². The third kappa shape index (κ3) is 4.67. The highest BCUT2D eigenvalue weighted by atomic mass is 35.5. The lowest BCUT2D eigenvalue weighted by atomic mass is 10.1. The molecular weight excluding hydrogens is 489 g/mol. The second kappa shape index (κ2) is 9.34. The van der Waals surface area contributed by atoms with Crippen LogP contribution in [-0.2, 0) is 6.18 Å². The molecular formula is C23H18ClF3N4O4. The summed E-state index contributed by atoms with van der Waals surface area (Å²) in [6.07, 6.45) is -3.75. The Bertz CT molecular complexity index is 1420. The van der Waals surface area contributed by atoms with Gasteiger partial charge in [0.15, 0.2) is 11.3 Å². The van der Waals surface area contributed by atoms with Gasteiger partial charge in [-0.2, -0.15) is 18.3 Å². The first-order chi connectivity index (χ1) is 16.7. The lowest BCUT2D eigenvalue weighted by molar-refractivity contribution is -0.142. The number of amides is 1. The minimum Gasteiger partial charge on any atom is -0.497 e. The molecule has 0 saturated heterocycles. The lowest BCUT2D eigenvalue weighted by Gasteiger charge is -2.14. The number of alkyl halides is 3. The SMILES string of the molecule is COc1cccc(-c2cc(C(F)(F)F)n3ncc(C(=O)Nc4cc(OC)c(Cl)cc4OC)c3n2)c1. The third-order valence-corrected chi connectivity index (χ3v) is 5.39. The summed E-state index contributed by atoms with van der Waals surface area (Å²) >= 11 is 6.10. The number of ether oxygens (including phenoxy) is 3. The Labute approximate surface area is 202 Å². The Morgan fingerprint density at radius 3 is 2.43 bits per heavy atom. The molecule has 4 rings (SSSR count). The maximum absolute atomic E-state index is 13.9. The largest absolute Gasteiger partial charge is 0.497 e. The number of aromatic nitrogens is 3. The molecule has 0 aliphatic rings. The highest BCUT2D eigenvalue weighted by Crippen LogP contribution is 2.37. The average molecular weight is 507 g/mol. The summed E-state index contributed by atoms with van der Waals surface area (Å²) < 4.78 is 57.8. The fraction of sp³-hybridized carbons (Fsp3) is 0.174. The number of fused-ring (bicyclic) bond motifs is 1. The van der Waals surface area contributed by atoms with Crippen LogP contribution >= 0.6 is 11.6 Å². The van der Waals surface area contributed by atoms with Crippen LogP contribution < -0.4 is 19.5 Å². The van der Waals surface area contributed by atoms with Gasteiger partial charge in [0, 0.05) is 17.7 Å². The molecule has 182 valence electrons. The summed E-state index contributed by atoms with van der Waals surface area (Å²) in [5.41, 5.74) is -1.01. The van der Waals surface area contributed by atoms with E-state index in [0.717, 1.165) is 12.3 Å². The van der Waals surface area contributed by atoms with Gasteiger partial charge in [0.2, 0.25) is 0 Å². The fourth-order valence-electron chi connectivity index (χ4n) is 3.40. The van der Waals surface area contributed by atoms with E-state index < -0.39 is 17.8 Å². The van der Waals surface area contributed by atoms with E-state index in [-0.39, 0.29) is 39.1 Å². The Morgan fingerprint density at radius 1 is 1.03 bits per heavy atom. The van der Waals surface area contributed by atoms with Crippen molar-refractivity contribution in [2.75, 3.05) is 26.6 Å². The third-order valence-electron chi connectivity index (χ3n) is 5.09. The summed E-state index contributed by atoms with van der Waals surface area (Å²) in [7, 11) is 4.21. The molecule has 8 nitrogen and oxygen atoms in total. The lowest BCUT2D eigenvalue weighted by Crippen LogP contribution is -2.16. The standard InChI is InChI=1S/C23H18ClF3N4O4/c1-33-13-6-4-5-12(7-13)16-10-20(23(25,26)27)31-21(29-16)14(11-28-31)22(32)30-17-9-18(34-2)15(24)8-19(17)35-3/h4-11H,1-3H3,(H,30,32). The van der Waals surface area contributed by atoms with E-state index in [9.17, 15) is 18.0 Å². The molecule has 0 radical (unpaired) electrons. The second-order valence-corrected chi connectivity index (χ2v) is 7.60. The molecule has 1 amide bonds. The van der Waals surface area contributed by atoms with Crippen LogP contribution in [0.1, 0.15) is 16.1 Å². The summed E-state index contributed by atoms with van der Waals surface area (Å²) in [5.74, 6) is 0.168. The van der Waals surface area contributed by atoms with Crippen molar-refractivity contribution in [1.29, 1.82) is 0 Å². The van der Waals surface area contributed by atoms with Crippen molar-refractivity contribution in [2.24, 2.45) is 0 Å². The van der Waals surface area contributed by atoms with Crippen molar-refractivity contribution in [3.8, 4) is 28.5 Å². The number of nitrogens with one attached hydrogen (secondary N) is 1. The predicted molar refractivity (Wildman–Crippen MR) is 122 cm³/mol. The first kappa shape index (κ1) is 24.1. The maximum atomic E-state index is 13.9. The number of hydrogen-bond donors (Lipinski definition) is 1. The number of halogens is 4. The van der Waals surface area contributed by atoms with E-state index in [0.29, 0.717) is 15.8 Å². The van der Waals surface area contributed by atoms with E-state index >= 15 is 0 Å². The molecule has 0 spiro atoms. The number of carbonyl (C=O) groups is 1. The molecule has 4 aromatic rings. The fourth-order valence-corrected chi connectivity index (χ4v) is 3.63. The van der Waals surface area contributed by atoms with E-state index in [4.69, 9.17) is 25.8 Å². The Kier molecular flexibility index (Phi) is 6.44. The number of methoxy groups -OCH3 is 3. The van der Waals surface area contributed by atoms with Crippen molar-refractivity contribution in [3.63, 3.8) is 0 Å². The second-order valence-electron chi connectivity index (χ2n) is 7.19. The van der Waals surface area contributed by atoms with Gasteiger partial charge in [-0.3, -0.25) is 4.79 Å². The predicted octanol–water partition coefficient (Wildman–Crippen LogP) is 5.35. The Hall–Kier alpha value is -3.99. The molecule has 1 N–H and O–H groups in total. The summed E-state index contributed by atoms with van der Waals surface area (Å²) in [6, 6.07) is 10.1. The van der Waals surface area contributed by atoms with E-state index in [1.807, 2.05) is 0 Å². The van der Waals surface area contributed by atoms with Crippen LogP contribution in [-0.4, -0.2) is 41.8 Å². The number of benzene rings is 2. The van der Waals surface area contributed by atoms with E-state index in [1.165, 1.54) is 33.5 Å². The van der Waals surface area contributed by atoms with Crippen LogP contribution in [0.5, 0.6) is 17.2 Å². The molecule has 0 fully saturated rings. The monoisotopic (exact) mass is 506 g/mol. The molecule has 12 heteroatoms. The normalized spacial score (nSPS) is 11.4. The maximum Gasteiger partial charge on any atom is 0.433 e. The molecule has 0 aliphatic heterocycles. The highest BCUT2D eigenvalue weighted by Gasteiger charge is 2.36. The first-order valence-corrected chi connectivity index (χ1v) is 10.4. The Morgan fingerprint density at radius 2 is 1.77 bits per heavy atom. The molecule has 35 heavy (non-hydrogen) atoms. The summed E-state index contributed by atoms with van der Waals surface area (Å²) in [6.45, 7) is 0. The van der Waals surface area contributed by atoms with Gasteiger partial charge in [0.05, 0.1) is 43.9 Å². The topological polar surface area (TPSA) is 87.0 Å². The number of nitrogens with zero attached hydrogens (tertiary/aromatic N) is 3. The first-order valence-electron chi connectivity index (χ1n) is 9.99. The van der Waals surface area contributed by atoms with Crippen molar-refractivity contribution in [1.82, 2.24) is 14.6 Å². The molecule has 0 atom stereocenters. The van der Waals surface area contributed by atoms with Crippen molar-refractivity contribution in [3.05, 3.63) is 64.9 Å². The number of hydrogen-bond acceptors (Lipinski definition) is 6. The molecule has 2 heterocycles. The molecule has 2 aromatic heterocycles. The number of carbonyl (C=O) groups excluding carboxylic acids is 1. The van der Waals surface area contributed by atoms with Crippen LogP contribution in [0.25, 0.3) is 16.9 Å². The average Bonchev–Trinajstić information content (AvgIpc) is 3.27. The zero-order chi connectivity index (χ0) is 25.3. The summed E-state index contributed by atoms with van der Waals surface area (Å²) in [4.78, 5) is 17.4. The highest BCUT2D eigenvalue weighted by molar-refractivity contribution is 6.32. The molecule has 0 aliphatic carbocycles. The van der Waals surface area contributed by atoms with Gasteiger partial charge < -0.3 is 19.5 Å². The van der Waals surface area contributed by atoms with Gasteiger partial charge in [-0.25, -0.2) is 9.50 Å². The molecule has 0 bridgehead atoms. The van der Waals surface area contributed by atoms with Gasteiger partial charge in [-0.15, -0.1) is 0 Å². The number of rotatable bonds is 6. The van der Waals surface area contributed by atoms with E-state index in [1.54, 1.807) is 24.3 Å². The van der Waals surface area contributed by atoms with Crippen molar-refractivity contribution < 1.29 is 32.2 Å². The smallest absolute Gasteiger partial charge is 0.433 e. The molecule has 0 saturated carbocycles. The van der Waals surface area contributed by atoms with Crippen LogP contribution in [0.2, 0.25) is 5.02 Å². The van der Waals surface area contributed by atoms with Gasteiger partial charge >= 0.3 is 6.18 Å². The zero-order valence-corrected chi connectivity index (χ0v) is 19.4. The van der Waals surface area contributed by atoms with E-state index in [2.05, 4.69) is 15.4 Å². The van der Waals surface area contributed by atoms with Gasteiger partial charge in [0.1, 0.15) is 22.8 Å². The van der Waals surface area contributed by atoms with Crippen LogP contribution in [0, 0.1) is 0 Å².